The number of ether oxygens (including phenoxy) is 3. The third kappa shape index (κ3) is 4.29. The lowest BCUT2D eigenvalue weighted by Gasteiger charge is -2.37. The molecule has 9 heteroatoms. The van der Waals surface area contributed by atoms with E-state index in [2.05, 4.69) is 5.32 Å². The molecule has 3 heterocycles. The predicted octanol–water partition coefficient (Wildman–Crippen LogP) is 2.92. The van der Waals surface area contributed by atoms with Gasteiger partial charge in [0.2, 0.25) is 5.91 Å². The molecule has 1 aliphatic carbocycles. The molecule has 3 fully saturated rings. The van der Waals surface area contributed by atoms with Gasteiger partial charge in [0.15, 0.2) is 0 Å². The molecule has 33 heavy (non-hydrogen) atoms. The fourth-order valence-electron chi connectivity index (χ4n) is 6.13. The fourth-order valence-corrected chi connectivity index (χ4v) is 6.13. The number of halogens is 3. The summed E-state index contributed by atoms with van der Waals surface area (Å²) in [5, 5.41) is 3.69. The molecule has 0 radical (unpaired) electrons. The zero-order valence-electron chi connectivity index (χ0n) is 18.8. The summed E-state index contributed by atoms with van der Waals surface area (Å²) in [6.45, 7) is 2.52. The van der Waals surface area contributed by atoms with Crippen molar-refractivity contribution in [3.05, 3.63) is 34.9 Å². The van der Waals surface area contributed by atoms with Gasteiger partial charge in [-0.25, -0.2) is 0 Å². The van der Waals surface area contributed by atoms with E-state index in [1.807, 2.05) is 0 Å². The van der Waals surface area contributed by atoms with Crippen molar-refractivity contribution in [2.45, 2.75) is 69.1 Å². The molecule has 182 valence electrons. The summed E-state index contributed by atoms with van der Waals surface area (Å²) in [7, 11) is 1.68. The van der Waals surface area contributed by atoms with Crippen LogP contribution in [0.4, 0.5) is 13.2 Å². The van der Waals surface area contributed by atoms with Gasteiger partial charge in [0.1, 0.15) is 0 Å². The Bertz CT molecular complexity index is 895. The van der Waals surface area contributed by atoms with Gasteiger partial charge in [-0.05, 0) is 55.4 Å². The first-order valence-corrected chi connectivity index (χ1v) is 11.8. The van der Waals surface area contributed by atoms with Crippen LogP contribution >= 0.6 is 0 Å². The van der Waals surface area contributed by atoms with Crippen LogP contribution in [-0.2, 0) is 38.1 Å². The number of methoxy groups -OCH3 is 1. The first kappa shape index (κ1) is 23.1. The maximum atomic E-state index is 13.8. The predicted molar refractivity (Wildman–Crippen MR) is 114 cm³/mol. The molecule has 6 nitrogen and oxygen atoms in total. The van der Waals surface area contributed by atoms with E-state index in [0.717, 1.165) is 24.5 Å². The second-order valence-corrected chi connectivity index (χ2v) is 9.77. The highest BCUT2D eigenvalue weighted by Crippen LogP contribution is 2.49. The molecule has 5 rings (SSSR count). The second kappa shape index (κ2) is 8.83. The van der Waals surface area contributed by atoms with Gasteiger partial charge in [0, 0.05) is 45.5 Å². The van der Waals surface area contributed by atoms with Crippen LogP contribution in [0, 0.1) is 5.41 Å². The quantitative estimate of drug-likeness (QED) is 0.737. The molecule has 1 saturated carbocycles. The van der Waals surface area contributed by atoms with Gasteiger partial charge in [-0.15, -0.1) is 0 Å². The lowest BCUT2D eigenvalue weighted by atomic mass is 9.80. The number of hydrogen-bond donors (Lipinski definition) is 1. The molecule has 2 saturated heterocycles. The summed E-state index contributed by atoms with van der Waals surface area (Å²) in [6, 6.07) is 4.18. The van der Waals surface area contributed by atoms with Crippen molar-refractivity contribution in [2.24, 2.45) is 5.41 Å². The summed E-state index contributed by atoms with van der Waals surface area (Å²) in [5.41, 5.74) is 0.212. The van der Waals surface area contributed by atoms with E-state index in [4.69, 9.17) is 14.2 Å². The highest BCUT2D eigenvalue weighted by Gasteiger charge is 2.58. The van der Waals surface area contributed by atoms with E-state index in [1.54, 1.807) is 18.1 Å². The molecule has 0 bridgehead atoms. The number of amides is 1. The van der Waals surface area contributed by atoms with Crippen molar-refractivity contribution >= 4 is 5.91 Å². The van der Waals surface area contributed by atoms with Crippen molar-refractivity contribution < 1.29 is 32.2 Å². The van der Waals surface area contributed by atoms with Gasteiger partial charge in [-0.3, -0.25) is 4.79 Å². The lowest BCUT2D eigenvalue weighted by molar-refractivity contribution is -0.145. The Kier molecular flexibility index (Phi) is 6.18. The number of nitrogens with one attached hydrogen (secondary N) is 1. The average Bonchev–Trinajstić information content (AvgIpc) is 3.35. The number of carbonyl (C=O) groups is 1. The van der Waals surface area contributed by atoms with Crippen molar-refractivity contribution in [3.8, 4) is 0 Å². The van der Waals surface area contributed by atoms with Crippen LogP contribution in [-0.4, -0.2) is 68.6 Å². The standard InChI is InChI=1S/C24H31F3N2O4/c1-31-20-14-32-8-5-19(20)28-18-11-21-23(12-18,6-9-33-21)22(30)29-7-4-15-2-3-17(24(25,26)27)10-16(15)13-29/h2-3,10,18-21,28H,4-9,11-14H2,1H3/t18-,19+,20-,21-,23-/m1/s1. The minimum Gasteiger partial charge on any atom is -0.379 e. The van der Waals surface area contributed by atoms with Crippen LogP contribution in [0.2, 0.25) is 0 Å². The Labute approximate surface area is 191 Å². The Morgan fingerprint density at radius 2 is 2.12 bits per heavy atom. The van der Waals surface area contributed by atoms with Crippen LogP contribution in [0.15, 0.2) is 18.2 Å². The van der Waals surface area contributed by atoms with E-state index in [0.29, 0.717) is 51.2 Å². The molecule has 1 aromatic rings. The number of hydrogen-bond acceptors (Lipinski definition) is 5. The van der Waals surface area contributed by atoms with Crippen molar-refractivity contribution in [2.75, 3.05) is 33.5 Å². The number of benzene rings is 1. The summed E-state index contributed by atoms with van der Waals surface area (Å²) < 4.78 is 56.7. The summed E-state index contributed by atoms with van der Waals surface area (Å²) in [5.74, 6) is 0.0210. The topological polar surface area (TPSA) is 60.0 Å². The second-order valence-electron chi connectivity index (χ2n) is 9.77. The van der Waals surface area contributed by atoms with E-state index < -0.39 is 17.2 Å². The normalized spacial score (nSPS) is 34.2. The highest BCUT2D eigenvalue weighted by atomic mass is 19.4. The third-order valence-corrected chi connectivity index (χ3v) is 7.91. The number of alkyl halides is 3. The minimum absolute atomic E-state index is 0.0202. The van der Waals surface area contributed by atoms with Crippen molar-refractivity contribution in [1.29, 1.82) is 0 Å². The van der Waals surface area contributed by atoms with Crippen molar-refractivity contribution in [3.63, 3.8) is 0 Å². The Morgan fingerprint density at radius 1 is 1.27 bits per heavy atom. The van der Waals surface area contributed by atoms with Crippen molar-refractivity contribution in [1.82, 2.24) is 10.2 Å². The first-order chi connectivity index (χ1) is 15.8. The number of fused-ring (bicyclic) bond motifs is 2. The lowest BCUT2D eigenvalue weighted by Crippen LogP contribution is -2.51. The molecule has 4 aliphatic rings. The van der Waals surface area contributed by atoms with E-state index >= 15 is 0 Å². The van der Waals surface area contributed by atoms with Crippen LogP contribution in [0.5, 0.6) is 0 Å². The zero-order chi connectivity index (χ0) is 23.2. The largest absolute Gasteiger partial charge is 0.416 e. The smallest absolute Gasteiger partial charge is 0.379 e. The van der Waals surface area contributed by atoms with Gasteiger partial charge < -0.3 is 24.4 Å². The first-order valence-electron chi connectivity index (χ1n) is 11.8. The summed E-state index contributed by atoms with van der Waals surface area (Å²) in [6.07, 6.45) is -1.06. The molecule has 0 unspecified atom stereocenters. The van der Waals surface area contributed by atoms with Gasteiger partial charge >= 0.3 is 6.18 Å². The fraction of sp³-hybridized carbons (Fsp3) is 0.708. The average molecular weight is 469 g/mol. The van der Waals surface area contributed by atoms with Crippen LogP contribution in [0.25, 0.3) is 0 Å². The SMILES string of the molecule is CO[C@@H]1COCC[C@@H]1N[C@@H]1C[C@H]2OCC[C@@]2(C(=O)N2CCc3ccc(C(F)(F)F)cc3C2)C1. The van der Waals surface area contributed by atoms with Crippen LogP contribution < -0.4 is 5.32 Å². The molecule has 3 aliphatic heterocycles. The number of nitrogens with zero attached hydrogens (tertiary/aromatic N) is 1. The monoisotopic (exact) mass is 468 g/mol. The minimum atomic E-state index is -4.39. The van der Waals surface area contributed by atoms with Gasteiger partial charge in [0.05, 0.1) is 29.8 Å². The zero-order valence-corrected chi connectivity index (χ0v) is 18.8. The summed E-state index contributed by atoms with van der Waals surface area (Å²) >= 11 is 0. The molecule has 0 spiro atoms. The van der Waals surface area contributed by atoms with E-state index in [9.17, 15) is 18.0 Å². The Hall–Kier alpha value is -1.68. The summed E-state index contributed by atoms with van der Waals surface area (Å²) in [4.78, 5) is 15.6. The molecule has 1 aromatic carbocycles. The Morgan fingerprint density at radius 3 is 2.91 bits per heavy atom. The molecule has 1 N–H and O–H groups in total. The maximum absolute atomic E-state index is 13.8. The Balaban J connectivity index is 1.31. The number of rotatable bonds is 4. The van der Waals surface area contributed by atoms with Gasteiger partial charge in [-0.2, -0.15) is 13.2 Å². The van der Waals surface area contributed by atoms with Crippen LogP contribution in [0.3, 0.4) is 0 Å². The van der Waals surface area contributed by atoms with Gasteiger partial charge in [-0.1, -0.05) is 6.07 Å². The molecule has 0 aromatic heterocycles. The third-order valence-electron chi connectivity index (χ3n) is 7.91. The van der Waals surface area contributed by atoms with E-state index in [1.165, 1.54) is 6.07 Å². The maximum Gasteiger partial charge on any atom is 0.416 e. The highest BCUT2D eigenvalue weighted by molar-refractivity contribution is 5.84. The van der Waals surface area contributed by atoms with Crippen LogP contribution in [0.1, 0.15) is 42.4 Å². The molecule has 1 amide bonds. The van der Waals surface area contributed by atoms with Gasteiger partial charge in [0.25, 0.3) is 0 Å². The van der Waals surface area contributed by atoms with E-state index in [-0.39, 0.29) is 36.7 Å². The molecular weight excluding hydrogens is 437 g/mol. The molecule has 5 atom stereocenters. The molecular formula is C24H31F3N2O4. The number of carbonyl (C=O) groups excluding carboxylic acids is 1.